The van der Waals surface area contributed by atoms with Crippen LogP contribution in [0, 0.1) is 5.92 Å². The van der Waals surface area contributed by atoms with Crippen molar-refractivity contribution in [1.29, 1.82) is 0 Å². The molecule has 3 heterocycles. The lowest BCUT2D eigenvalue weighted by molar-refractivity contribution is -0.109. The highest BCUT2D eigenvalue weighted by molar-refractivity contribution is 5.65. The van der Waals surface area contributed by atoms with Gasteiger partial charge in [-0.1, -0.05) is 34.1 Å². The lowest BCUT2D eigenvalue weighted by Crippen LogP contribution is -2.44. The molecule has 2 aromatic rings. The zero-order valence-electron chi connectivity index (χ0n) is 18.8. The van der Waals surface area contributed by atoms with Gasteiger partial charge in [-0.05, 0) is 25.0 Å². The van der Waals surface area contributed by atoms with Crippen molar-refractivity contribution in [2.45, 2.75) is 65.0 Å². The minimum atomic E-state index is -1.32. The molecule has 0 aliphatic carbocycles. The monoisotopic (exact) mass is 441 g/mol. The first-order valence-corrected chi connectivity index (χ1v) is 10.2. The maximum absolute atomic E-state index is 11.8. The Labute approximate surface area is 182 Å². The van der Waals surface area contributed by atoms with Crippen molar-refractivity contribution in [3.8, 4) is 0 Å². The minimum Gasteiger partial charge on any atom is -0.434 e. The number of hydrogen-bond donors (Lipinski definition) is 4. The van der Waals surface area contributed by atoms with Crippen molar-refractivity contribution in [3.63, 3.8) is 0 Å². The van der Waals surface area contributed by atoms with E-state index in [0.717, 1.165) is 6.42 Å². The third-order valence-corrected chi connectivity index (χ3v) is 5.12. The summed E-state index contributed by atoms with van der Waals surface area (Å²) in [5, 5.41) is 25.2. The van der Waals surface area contributed by atoms with E-state index < -0.39 is 30.1 Å². The number of nitrogens with zero attached hydrogens (tertiary/aromatic N) is 3. The molecule has 1 fully saturated rings. The molecule has 1 saturated heterocycles. The Morgan fingerprint density at radius 1 is 1.35 bits per heavy atom. The normalized spacial score (nSPS) is 25.8. The Kier molecular flexibility index (Phi) is 9.63. The van der Waals surface area contributed by atoms with E-state index in [0.29, 0.717) is 11.2 Å². The third-order valence-electron chi connectivity index (χ3n) is 5.12. The molecule has 7 N–H and O–H groups in total. The molecule has 0 aromatic carbocycles. The van der Waals surface area contributed by atoms with Gasteiger partial charge in [-0.15, -0.1) is 0 Å². The lowest BCUT2D eigenvalue weighted by Gasteiger charge is -2.26. The molecule has 0 amide bonds. The quantitative estimate of drug-likeness (QED) is 0.486. The van der Waals surface area contributed by atoms with Crippen molar-refractivity contribution >= 4 is 17.5 Å². The number of anilines is 1. The highest BCUT2D eigenvalue weighted by Crippen LogP contribution is 2.40. The second-order valence-corrected chi connectivity index (χ2v) is 7.35. The van der Waals surface area contributed by atoms with Crippen LogP contribution in [0.15, 0.2) is 18.5 Å². The van der Waals surface area contributed by atoms with Gasteiger partial charge in [-0.3, -0.25) is 0 Å². The second kappa shape index (κ2) is 11.2. The average molecular weight is 442 g/mol. The summed E-state index contributed by atoms with van der Waals surface area (Å²) in [4.78, 5) is 15.7. The first kappa shape index (κ1) is 26.6. The molecule has 0 spiro atoms. The number of aliphatic hydroxyl groups is 2. The smallest absolute Gasteiger partial charge is 0.434 e. The number of nitrogens with two attached hydrogens (primary N) is 1. The highest BCUT2D eigenvalue weighted by atomic mass is 16.7. The summed E-state index contributed by atoms with van der Waals surface area (Å²) in [7, 11) is 0. The number of aromatic nitrogens is 3. The van der Waals surface area contributed by atoms with Gasteiger partial charge in [0.15, 0.2) is 5.82 Å². The molecule has 0 unspecified atom stereocenters. The summed E-state index contributed by atoms with van der Waals surface area (Å²) in [5.74, 6) is 0.504. The molecule has 0 bridgehead atoms. The Bertz CT molecular complexity index is 847. The van der Waals surface area contributed by atoms with Crippen LogP contribution >= 0.6 is 0 Å². The summed E-state index contributed by atoms with van der Waals surface area (Å²) in [6.45, 7) is 9.48. The predicted octanol–water partition coefficient (Wildman–Crippen LogP) is 2.25. The Morgan fingerprint density at radius 3 is 2.68 bits per heavy atom. The zero-order valence-corrected chi connectivity index (χ0v) is 18.8. The van der Waals surface area contributed by atoms with Gasteiger partial charge in [-0.25, -0.2) is 14.3 Å². The van der Waals surface area contributed by atoms with E-state index in [1.165, 1.54) is 10.8 Å². The standard InChI is InChI=1S/C18H26N4O6.C2H6.H3N/c1-4-10(2)7-26-17(25)27-8-18(3)15(24)13(23)14(28-18)11-5-6-12-16(19)20-9-21-22(11)12;1-2;/h5-6,9-10,13-15,23-24H,4,7-8H2,1-3H3,(H2,19,20,21);1-2H3;1H3/t10-,13-,14-,15-,18+;;/m0../s1. The molecule has 3 rings (SSSR count). The summed E-state index contributed by atoms with van der Waals surface area (Å²) in [6, 6.07) is 3.39. The minimum absolute atomic E-state index is 0. The molecule has 1 aliphatic rings. The lowest BCUT2D eigenvalue weighted by atomic mass is 9.97. The average Bonchev–Trinajstić information content (AvgIpc) is 3.28. The molecule has 176 valence electrons. The number of aliphatic hydroxyl groups excluding tert-OH is 2. The number of nitrogen functional groups attached to an aromatic ring is 1. The maximum atomic E-state index is 11.8. The van der Waals surface area contributed by atoms with E-state index in [-0.39, 0.29) is 31.1 Å². The van der Waals surface area contributed by atoms with Crippen LogP contribution in [-0.2, 0) is 14.2 Å². The molecule has 11 nitrogen and oxygen atoms in total. The first-order valence-electron chi connectivity index (χ1n) is 10.2. The number of rotatable bonds is 6. The van der Waals surface area contributed by atoms with Gasteiger partial charge in [0.1, 0.15) is 42.4 Å². The van der Waals surface area contributed by atoms with E-state index >= 15 is 0 Å². The molecular weight excluding hydrogens is 406 g/mol. The van der Waals surface area contributed by atoms with Crippen LogP contribution in [-0.4, -0.2) is 62.0 Å². The fourth-order valence-corrected chi connectivity index (χ4v) is 3.07. The molecule has 11 heteroatoms. The van der Waals surface area contributed by atoms with Gasteiger partial charge in [-0.2, -0.15) is 5.10 Å². The Morgan fingerprint density at radius 2 is 2.03 bits per heavy atom. The van der Waals surface area contributed by atoms with Crippen LogP contribution in [0.1, 0.15) is 52.8 Å². The summed E-state index contributed by atoms with van der Waals surface area (Å²) in [5.41, 5.74) is 5.57. The largest absolute Gasteiger partial charge is 0.508 e. The molecule has 31 heavy (non-hydrogen) atoms. The number of carbonyl (C=O) groups excluding carboxylic acids is 1. The van der Waals surface area contributed by atoms with Gasteiger partial charge < -0.3 is 36.3 Å². The molecule has 1 aliphatic heterocycles. The Balaban J connectivity index is 0.00000156. The van der Waals surface area contributed by atoms with E-state index in [2.05, 4.69) is 10.1 Å². The third kappa shape index (κ3) is 5.62. The van der Waals surface area contributed by atoms with Crippen LogP contribution in [0.3, 0.4) is 0 Å². The highest BCUT2D eigenvalue weighted by Gasteiger charge is 2.53. The zero-order chi connectivity index (χ0) is 22.5. The van der Waals surface area contributed by atoms with Crippen molar-refractivity contribution in [3.05, 3.63) is 24.2 Å². The fraction of sp³-hybridized carbons (Fsp3) is 0.650. The van der Waals surface area contributed by atoms with E-state index in [9.17, 15) is 15.0 Å². The molecule has 0 saturated carbocycles. The molecular formula is C20H35N5O6. The summed E-state index contributed by atoms with van der Waals surface area (Å²) < 4.78 is 17.5. The maximum Gasteiger partial charge on any atom is 0.508 e. The van der Waals surface area contributed by atoms with Gasteiger partial charge in [0.25, 0.3) is 0 Å². The first-order chi connectivity index (χ1) is 14.3. The fourth-order valence-electron chi connectivity index (χ4n) is 3.07. The second-order valence-electron chi connectivity index (χ2n) is 7.35. The van der Waals surface area contributed by atoms with Crippen molar-refractivity contribution in [2.24, 2.45) is 5.92 Å². The van der Waals surface area contributed by atoms with Crippen LogP contribution in [0.25, 0.3) is 5.52 Å². The molecule has 0 radical (unpaired) electrons. The number of hydrogen-bond acceptors (Lipinski definition) is 10. The van der Waals surface area contributed by atoms with Crippen molar-refractivity contribution in [2.75, 3.05) is 18.9 Å². The van der Waals surface area contributed by atoms with Gasteiger partial charge >= 0.3 is 6.16 Å². The Hall–Kier alpha value is -2.47. The number of carbonyl (C=O) groups is 1. The van der Waals surface area contributed by atoms with Crippen molar-refractivity contribution < 1.29 is 29.2 Å². The van der Waals surface area contributed by atoms with Crippen LogP contribution in [0.5, 0.6) is 0 Å². The predicted molar refractivity (Wildman–Crippen MR) is 115 cm³/mol. The summed E-state index contributed by atoms with van der Waals surface area (Å²) >= 11 is 0. The van der Waals surface area contributed by atoms with Gasteiger partial charge in [0, 0.05) is 0 Å². The molecule has 2 aromatic heterocycles. The molecule has 5 atom stereocenters. The van der Waals surface area contributed by atoms with E-state index in [1.54, 1.807) is 19.1 Å². The van der Waals surface area contributed by atoms with Crippen LogP contribution < -0.4 is 11.9 Å². The number of fused-ring (bicyclic) bond motifs is 1. The summed E-state index contributed by atoms with van der Waals surface area (Å²) in [6.07, 6.45) is -2.11. The SMILES string of the molecule is CC.CC[C@H](C)COC(=O)OC[C@@]1(C)O[C@@H](c2ccc3c(N)ncnn23)[C@H](O)[C@@H]1O.N. The van der Waals surface area contributed by atoms with Crippen LogP contribution in [0.2, 0.25) is 0 Å². The van der Waals surface area contributed by atoms with Gasteiger partial charge in [0.2, 0.25) is 0 Å². The van der Waals surface area contributed by atoms with E-state index in [4.69, 9.17) is 19.9 Å². The van der Waals surface area contributed by atoms with Gasteiger partial charge in [0.05, 0.1) is 12.3 Å². The number of ether oxygens (including phenoxy) is 3. The van der Waals surface area contributed by atoms with E-state index in [1.807, 2.05) is 27.7 Å². The van der Waals surface area contributed by atoms with Crippen molar-refractivity contribution in [1.82, 2.24) is 20.7 Å². The van der Waals surface area contributed by atoms with Crippen LogP contribution in [0.4, 0.5) is 10.6 Å². The topological polar surface area (TPSA) is 176 Å².